The highest BCUT2D eigenvalue weighted by atomic mass is 32.1. The fourth-order valence-corrected chi connectivity index (χ4v) is 1.39. The maximum absolute atomic E-state index is 11.6. The van der Waals surface area contributed by atoms with Crippen LogP contribution >= 0.6 is 11.5 Å². The lowest BCUT2D eigenvalue weighted by Crippen LogP contribution is -2.34. The first-order valence-electron chi connectivity index (χ1n) is 3.93. The van der Waals surface area contributed by atoms with Crippen LogP contribution in [0, 0.1) is 0 Å². The monoisotopic (exact) mass is 215 g/mol. The van der Waals surface area contributed by atoms with Gasteiger partial charge in [0, 0.05) is 6.54 Å². The van der Waals surface area contributed by atoms with Crippen LogP contribution in [0.2, 0.25) is 0 Å². The average molecular weight is 215 g/mol. The van der Waals surface area contributed by atoms with E-state index in [4.69, 9.17) is 5.11 Å². The summed E-state index contributed by atoms with van der Waals surface area (Å²) in [6, 6.07) is 0. The van der Waals surface area contributed by atoms with E-state index < -0.39 is 5.97 Å². The van der Waals surface area contributed by atoms with Gasteiger partial charge in [-0.2, -0.15) is 0 Å². The van der Waals surface area contributed by atoms with Crippen LogP contribution in [0.3, 0.4) is 0 Å². The number of carboxylic acid groups (broad SMARTS) is 1. The molecule has 0 fully saturated rings. The number of nitrogens with zero attached hydrogens (tertiary/aromatic N) is 3. The smallest absolute Gasteiger partial charge is 0.323 e. The number of aliphatic carboxylic acids is 1. The van der Waals surface area contributed by atoms with Gasteiger partial charge in [-0.05, 0) is 18.5 Å². The number of hydrogen-bond donors (Lipinski definition) is 1. The number of amides is 1. The summed E-state index contributed by atoms with van der Waals surface area (Å²) in [5.74, 6) is -1.37. The highest BCUT2D eigenvalue weighted by molar-refractivity contribution is 7.07. The normalized spacial score (nSPS) is 9.79. The summed E-state index contributed by atoms with van der Waals surface area (Å²) in [5, 5.41) is 12.1. The minimum Gasteiger partial charge on any atom is -0.480 e. The van der Waals surface area contributed by atoms with Gasteiger partial charge >= 0.3 is 5.97 Å². The van der Waals surface area contributed by atoms with E-state index in [1.165, 1.54) is 11.1 Å². The van der Waals surface area contributed by atoms with Crippen molar-refractivity contribution in [2.24, 2.45) is 0 Å². The molecule has 1 N–H and O–H groups in total. The molecule has 1 amide bonds. The molecule has 0 bridgehead atoms. The van der Waals surface area contributed by atoms with E-state index in [-0.39, 0.29) is 12.5 Å². The first-order valence-corrected chi connectivity index (χ1v) is 4.71. The minimum atomic E-state index is -1.03. The van der Waals surface area contributed by atoms with E-state index in [0.29, 0.717) is 11.4 Å². The molecule has 0 saturated carbocycles. The van der Waals surface area contributed by atoms with E-state index in [2.05, 4.69) is 9.59 Å². The highest BCUT2D eigenvalue weighted by Crippen LogP contribution is 2.06. The fraction of sp³-hybridized carbons (Fsp3) is 0.429. The SMILES string of the molecule is CCN(CC(=O)O)C(=O)c1cnns1. The van der Waals surface area contributed by atoms with Gasteiger partial charge in [-0.1, -0.05) is 4.49 Å². The van der Waals surface area contributed by atoms with Crippen molar-refractivity contribution in [1.29, 1.82) is 0 Å². The zero-order chi connectivity index (χ0) is 10.6. The molecule has 7 heteroatoms. The lowest BCUT2D eigenvalue weighted by Gasteiger charge is -2.16. The van der Waals surface area contributed by atoms with Crippen LogP contribution in [0.25, 0.3) is 0 Å². The van der Waals surface area contributed by atoms with Crippen LogP contribution in [-0.2, 0) is 4.79 Å². The molecular formula is C7H9N3O3S. The molecular weight excluding hydrogens is 206 g/mol. The van der Waals surface area contributed by atoms with Crippen molar-refractivity contribution in [1.82, 2.24) is 14.5 Å². The Kier molecular flexibility index (Phi) is 3.52. The molecule has 0 aliphatic carbocycles. The summed E-state index contributed by atoms with van der Waals surface area (Å²) in [7, 11) is 0. The van der Waals surface area contributed by atoms with Crippen molar-refractivity contribution in [3.63, 3.8) is 0 Å². The second-order valence-electron chi connectivity index (χ2n) is 2.49. The molecule has 0 aromatic carbocycles. The number of carbonyl (C=O) groups is 2. The van der Waals surface area contributed by atoms with Crippen LogP contribution in [0.15, 0.2) is 6.20 Å². The number of rotatable bonds is 4. The van der Waals surface area contributed by atoms with Crippen molar-refractivity contribution >= 4 is 23.4 Å². The summed E-state index contributed by atoms with van der Waals surface area (Å²) in [5.41, 5.74) is 0. The van der Waals surface area contributed by atoms with Crippen LogP contribution in [-0.4, -0.2) is 44.6 Å². The van der Waals surface area contributed by atoms with Crippen LogP contribution in [0.5, 0.6) is 0 Å². The lowest BCUT2D eigenvalue weighted by molar-refractivity contribution is -0.137. The second-order valence-corrected chi connectivity index (χ2v) is 3.28. The highest BCUT2D eigenvalue weighted by Gasteiger charge is 2.18. The minimum absolute atomic E-state index is 0.298. The predicted octanol–water partition coefficient (Wildman–Crippen LogP) is 0.0848. The topological polar surface area (TPSA) is 83.4 Å². The zero-order valence-electron chi connectivity index (χ0n) is 7.51. The van der Waals surface area contributed by atoms with Gasteiger partial charge < -0.3 is 10.0 Å². The fourth-order valence-electron chi connectivity index (χ4n) is 0.908. The molecule has 1 aromatic heterocycles. The average Bonchev–Trinajstić information content (AvgIpc) is 2.65. The van der Waals surface area contributed by atoms with Crippen molar-refractivity contribution in [2.45, 2.75) is 6.92 Å². The molecule has 0 saturated heterocycles. The third-order valence-corrected chi connectivity index (χ3v) is 2.22. The molecule has 0 spiro atoms. The van der Waals surface area contributed by atoms with Gasteiger partial charge in [0.1, 0.15) is 11.4 Å². The second kappa shape index (κ2) is 4.66. The quantitative estimate of drug-likeness (QED) is 0.769. The maximum Gasteiger partial charge on any atom is 0.323 e. The number of aromatic nitrogens is 2. The van der Waals surface area contributed by atoms with Gasteiger partial charge in [0.15, 0.2) is 0 Å². The molecule has 0 radical (unpaired) electrons. The number of likely N-dealkylation sites (N-methyl/N-ethyl adjacent to an activating group) is 1. The van der Waals surface area contributed by atoms with Gasteiger partial charge in [-0.25, -0.2) is 0 Å². The molecule has 14 heavy (non-hydrogen) atoms. The van der Waals surface area contributed by atoms with E-state index in [9.17, 15) is 9.59 Å². The van der Waals surface area contributed by atoms with Crippen molar-refractivity contribution in [3.8, 4) is 0 Å². The molecule has 1 aromatic rings. The van der Waals surface area contributed by atoms with E-state index in [1.54, 1.807) is 6.92 Å². The standard InChI is InChI=1S/C7H9N3O3S/c1-2-10(4-6(11)12)7(13)5-3-8-9-14-5/h3H,2,4H2,1H3,(H,11,12). The lowest BCUT2D eigenvalue weighted by atomic mass is 10.4. The first-order chi connectivity index (χ1) is 6.65. The van der Waals surface area contributed by atoms with Crippen molar-refractivity contribution in [3.05, 3.63) is 11.1 Å². The predicted molar refractivity (Wildman–Crippen MR) is 49.1 cm³/mol. The van der Waals surface area contributed by atoms with E-state index >= 15 is 0 Å². The number of hydrogen-bond acceptors (Lipinski definition) is 5. The molecule has 1 heterocycles. The van der Waals surface area contributed by atoms with Crippen molar-refractivity contribution in [2.75, 3.05) is 13.1 Å². The van der Waals surface area contributed by atoms with E-state index in [1.807, 2.05) is 0 Å². The summed E-state index contributed by atoms with van der Waals surface area (Å²) < 4.78 is 3.54. The Hall–Kier alpha value is -1.50. The van der Waals surface area contributed by atoms with Gasteiger partial charge in [-0.3, -0.25) is 9.59 Å². The van der Waals surface area contributed by atoms with Gasteiger partial charge in [0.2, 0.25) is 0 Å². The molecule has 0 unspecified atom stereocenters. The van der Waals surface area contributed by atoms with Gasteiger partial charge in [0.25, 0.3) is 5.91 Å². The van der Waals surface area contributed by atoms with E-state index in [0.717, 1.165) is 11.5 Å². The summed E-state index contributed by atoms with van der Waals surface area (Å²) in [6.07, 6.45) is 1.33. The molecule has 6 nitrogen and oxygen atoms in total. The third kappa shape index (κ3) is 2.49. The third-order valence-electron chi connectivity index (χ3n) is 1.57. The summed E-state index contributed by atoms with van der Waals surface area (Å²) in [6.45, 7) is 1.77. The first kappa shape index (κ1) is 10.6. The van der Waals surface area contributed by atoms with Gasteiger partial charge in [0.05, 0.1) is 6.20 Å². The van der Waals surface area contributed by atoms with Gasteiger partial charge in [-0.15, -0.1) is 5.10 Å². The molecule has 1 rings (SSSR count). The molecule has 0 aliphatic heterocycles. The number of carbonyl (C=O) groups excluding carboxylic acids is 1. The Balaban J connectivity index is 2.70. The Morgan fingerprint density at radius 1 is 1.64 bits per heavy atom. The Morgan fingerprint density at radius 2 is 2.36 bits per heavy atom. The maximum atomic E-state index is 11.6. The molecule has 0 aliphatic rings. The Bertz CT molecular complexity index is 325. The summed E-state index contributed by atoms with van der Waals surface area (Å²) in [4.78, 5) is 23.6. The Labute approximate surface area is 84.3 Å². The largest absolute Gasteiger partial charge is 0.480 e. The van der Waals surface area contributed by atoms with Crippen LogP contribution in [0.4, 0.5) is 0 Å². The number of carboxylic acids is 1. The molecule has 76 valence electrons. The Morgan fingerprint density at radius 3 is 2.79 bits per heavy atom. The zero-order valence-corrected chi connectivity index (χ0v) is 8.32. The molecule has 0 atom stereocenters. The van der Waals surface area contributed by atoms with Crippen LogP contribution in [0.1, 0.15) is 16.6 Å². The summed E-state index contributed by atoms with van der Waals surface area (Å²) >= 11 is 0.957. The van der Waals surface area contributed by atoms with Crippen LogP contribution < -0.4 is 0 Å². The van der Waals surface area contributed by atoms with Crippen molar-refractivity contribution < 1.29 is 14.7 Å².